The van der Waals surface area contributed by atoms with Gasteiger partial charge in [0.1, 0.15) is 22.3 Å². The van der Waals surface area contributed by atoms with Crippen LogP contribution in [0.1, 0.15) is 45.2 Å². The molecule has 0 amide bonds. The maximum absolute atomic E-state index is 6.10. The molecule has 0 aliphatic heterocycles. The van der Waals surface area contributed by atoms with Crippen LogP contribution < -0.4 is 0 Å². The van der Waals surface area contributed by atoms with E-state index >= 15 is 0 Å². The zero-order chi connectivity index (χ0) is 53.8. The van der Waals surface area contributed by atoms with Gasteiger partial charge in [0, 0.05) is 91.5 Å². The zero-order valence-corrected chi connectivity index (χ0v) is 43.9. The van der Waals surface area contributed by atoms with Crippen molar-refractivity contribution in [3.63, 3.8) is 0 Å². The smallest absolute Gasteiger partial charge is 0.160 e. The van der Waals surface area contributed by atoms with Crippen molar-refractivity contribution in [3.8, 4) is 90.1 Å². The van der Waals surface area contributed by atoms with Gasteiger partial charge in [0.2, 0.25) is 0 Å². The molecule has 0 radical (unpaired) electrons. The summed E-state index contributed by atoms with van der Waals surface area (Å²) in [6.07, 6.45) is 7.27. The molecule has 0 saturated carbocycles. The van der Waals surface area contributed by atoms with E-state index in [1.165, 1.54) is 33.4 Å². The highest BCUT2D eigenvalue weighted by Gasteiger charge is 2.41. The van der Waals surface area contributed by atoms with E-state index in [1.54, 1.807) is 12.4 Å². The summed E-state index contributed by atoms with van der Waals surface area (Å²) in [5.41, 5.74) is 25.2. The third kappa shape index (κ3) is 7.53. The van der Waals surface area contributed by atoms with Crippen LogP contribution in [0, 0.1) is 0 Å². The SMILES string of the molecule is c1ccc(-c2nc(-c3ccc(-c4ccc5oc6ccncc6c5c4)cc3)cc(-c3ccc4c(c3)C3c5ccccc5C4c4cc(-c5cc(-c6ccc(-c7ccc8oc9ccncc9c8c7)cc6)nc(-c6ccccc6)n5)ccc43)n2)cc1. The van der Waals surface area contributed by atoms with Crippen LogP contribution >= 0.6 is 0 Å². The van der Waals surface area contributed by atoms with E-state index in [1.807, 2.05) is 73.1 Å². The summed E-state index contributed by atoms with van der Waals surface area (Å²) < 4.78 is 12.2. The van der Waals surface area contributed by atoms with Gasteiger partial charge in [0.25, 0.3) is 0 Å². The quantitative estimate of drug-likeness (QED) is 0.148. The second-order valence-corrected chi connectivity index (χ2v) is 21.4. The molecule has 2 bridgehead atoms. The highest BCUT2D eigenvalue weighted by Crippen LogP contribution is 2.57. The predicted molar refractivity (Wildman–Crippen MR) is 326 cm³/mol. The molecule has 2 unspecified atom stereocenters. The van der Waals surface area contributed by atoms with Crippen molar-refractivity contribution in [3.05, 3.63) is 289 Å². The topological polar surface area (TPSA) is 104 Å². The van der Waals surface area contributed by atoms with Crippen LogP contribution in [-0.4, -0.2) is 29.9 Å². The number of fused-ring (bicyclic) bond motifs is 6. The summed E-state index contributed by atoms with van der Waals surface area (Å²) in [5.74, 6) is 1.42. The molecule has 382 valence electrons. The van der Waals surface area contributed by atoms with E-state index in [9.17, 15) is 0 Å². The lowest BCUT2D eigenvalue weighted by molar-refractivity contribution is 0.668. The lowest BCUT2D eigenvalue weighted by Gasteiger charge is -2.42. The minimum atomic E-state index is 0.0298. The van der Waals surface area contributed by atoms with Gasteiger partial charge in [-0.3, -0.25) is 9.97 Å². The van der Waals surface area contributed by atoms with E-state index in [4.69, 9.17) is 28.8 Å². The summed E-state index contributed by atoms with van der Waals surface area (Å²) in [5, 5.41) is 4.12. The summed E-state index contributed by atoms with van der Waals surface area (Å²) >= 11 is 0. The fraction of sp³-hybridized carbons (Fsp3) is 0.0270. The van der Waals surface area contributed by atoms with Gasteiger partial charge in [-0.2, -0.15) is 0 Å². The van der Waals surface area contributed by atoms with E-state index in [0.717, 1.165) is 122 Å². The summed E-state index contributed by atoms with van der Waals surface area (Å²) in [7, 11) is 0. The average molecular weight is 1050 g/mol. The van der Waals surface area contributed by atoms with Crippen LogP contribution in [-0.2, 0) is 0 Å². The van der Waals surface area contributed by atoms with Gasteiger partial charge in [-0.05, 0) is 116 Å². The Bertz CT molecular complexity index is 4730. The van der Waals surface area contributed by atoms with Gasteiger partial charge in [-0.1, -0.05) is 170 Å². The monoisotopic (exact) mass is 1050 g/mol. The number of hydrogen-bond donors (Lipinski definition) is 0. The number of nitrogens with zero attached hydrogens (tertiary/aromatic N) is 6. The number of aromatic nitrogens is 6. The number of pyridine rings is 2. The molecule has 6 heterocycles. The Morgan fingerprint density at radius 3 is 1.04 bits per heavy atom. The van der Waals surface area contributed by atoms with Crippen molar-refractivity contribution >= 4 is 43.9 Å². The highest BCUT2D eigenvalue weighted by atomic mass is 16.3. The molecule has 0 fully saturated rings. The molecule has 8 nitrogen and oxygen atoms in total. The molecule has 3 aliphatic rings. The summed E-state index contributed by atoms with van der Waals surface area (Å²) in [4.78, 5) is 29.8. The van der Waals surface area contributed by atoms with Gasteiger partial charge in [0.05, 0.1) is 22.8 Å². The number of rotatable bonds is 8. The maximum atomic E-state index is 6.10. The number of benzene rings is 9. The lowest BCUT2D eigenvalue weighted by atomic mass is 9.60. The minimum Gasteiger partial charge on any atom is -0.456 e. The molecule has 18 rings (SSSR count). The Morgan fingerprint density at radius 1 is 0.244 bits per heavy atom. The maximum Gasteiger partial charge on any atom is 0.160 e. The summed E-state index contributed by atoms with van der Waals surface area (Å²) in [6, 6.07) is 81.7. The van der Waals surface area contributed by atoms with Crippen LogP contribution in [0.2, 0.25) is 0 Å². The third-order valence-corrected chi connectivity index (χ3v) is 16.7. The Labute approximate surface area is 470 Å². The Kier molecular flexibility index (Phi) is 10.3. The first-order valence-electron chi connectivity index (χ1n) is 27.6. The van der Waals surface area contributed by atoms with Crippen LogP contribution in [0.3, 0.4) is 0 Å². The first kappa shape index (κ1) is 46.0. The Balaban J connectivity index is 0.730. The standard InChI is InChI=1S/C74H44N6O2/c1-3-9-47(10-4-1)73-77-63(45-19-15-43(16-20-45)49-25-29-67-57(35-49)61-41-75-33-31-69(61)81-67)39-65(79-73)51-23-27-55-59(37-51)71-53-13-7-8-14-54(53)72(55)60-38-52(24-28-56(60)71)66-40-64(78-74(80-66)48-11-5-2-6-12-48)46-21-17-44(18-22-46)50-26-30-68-58(36-50)62-42-76-34-32-70(62)82-68/h1-42,71-72H. The zero-order valence-electron chi connectivity index (χ0n) is 43.9. The van der Waals surface area contributed by atoms with Gasteiger partial charge in [0.15, 0.2) is 11.6 Å². The molecule has 0 spiro atoms. The molecular weight excluding hydrogens is 1000 g/mol. The third-order valence-electron chi connectivity index (χ3n) is 16.7. The summed E-state index contributed by atoms with van der Waals surface area (Å²) in [6.45, 7) is 0. The molecule has 0 saturated heterocycles. The van der Waals surface area contributed by atoms with Gasteiger partial charge < -0.3 is 8.83 Å². The molecule has 2 atom stereocenters. The van der Waals surface area contributed by atoms with Crippen LogP contribution in [0.4, 0.5) is 0 Å². The molecule has 3 aliphatic carbocycles. The second-order valence-electron chi connectivity index (χ2n) is 21.4. The number of furan rings is 2. The average Bonchev–Trinajstić information content (AvgIpc) is 2.37. The molecule has 8 heteroatoms. The Hall–Kier alpha value is -11.0. The van der Waals surface area contributed by atoms with E-state index in [0.29, 0.717) is 11.6 Å². The molecule has 0 N–H and O–H groups in total. The van der Waals surface area contributed by atoms with Crippen molar-refractivity contribution in [2.75, 3.05) is 0 Å². The van der Waals surface area contributed by atoms with Gasteiger partial charge in [-0.25, -0.2) is 19.9 Å². The lowest BCUT2D eigenvalue weighted by Crippen LogP contribution is -2.27. The number of hydrogen-bond acceptors (Lipinski definition) is 8. The molecule has 6 aromatic heterocycles. The molecular formula is C74H44N6O2. The van der Waals surface area contributed by atoms with Gasteiger partial charge >= 0.3 is 0 Å². The first-order chi connectivity index (χ1) is 40.6. The van der Waals surface area contributed by atoms with Crippen molar-refractivity contribution in [1.82, 2.24) is 29.9 Å². The van der Waals surface area contributed by atoms with Crippen molar-refractivity contribution < 1.29 is 8.83 Å². The van der Waals surface area contributed by atoms with E-state index in [2.05, 4.69) is 180 Å². The molecule has 9 aromatic carbocycles. The van der Waals surface area contributed by atoms with Gasteiger partial charge in [-0.15, -0.1) is 0 Å². The fourth-order valence-corrected chi connectivity index (χ4v) is 12.7. The Morgan fingerprint density at radius 2 is 0.598 bits per heavy atom. The minimum absolute atomic E-state index is 0.0298. The highest BCUT2D eigenvalue weighted by molar-refractivity contribution is 6.07. The van der Waals surface area contributed by atoms with Crippen LogP contribution in [0.5, 0.6) is 0 Å². The molecule has 15 aromatic rings. The predicted octanol–water partition coefficient (Wildman–Crippen LogP) is 18.2. The largest absolute Gasteiger partial charge is 0.456 e. The van der Waals surface area contributed by atoms with Crippen molar-refractivity contribution in [2.24, 2.45) is 0 Å². The fourth-order valence-electron chi connectivity index (χ4n) is 12.7. The van der Waals surface area contributed by atoms with Crippen LogP contribution in [0.25, 0.3) is 134 Å². The molecule has 82 heavy (non-hydrogen) atoms. The normalized spacial score (nSPS) is 14.1. The van der Waals surface area contributed by atoms with E-state index in [-0.39, 0.29) is 11.8 Å². The first-order valence-corrected chi connectivity index (χ1v) is 27.6. The van der Waals surface area contributed by atoms with E-state index < -0.39 is 0 Å². The van der Waals surface area contributed by atoms with Crippen molar-refractivity contribution in [2.45, 2.75) is 11.8 Å². The van der Waals surface area contributed by atoms with Crippen molar-refractivity contribution in [1.29, 1.82) is 0 Å². The second kappa shape index (κ2) is 18.3. The van der Waals surface area contributed by atoms with Crippen LogP contribution in [0.15, 0.2) is 264 Å².